The summed E-state index contributed by atoms with van der Waals surface area (Å²) in [6, 6.07) is 11.7. The molecule has 0 bridgehead atoms. The van der Waals surface area contributed by atoms with Gasteiger partial charge in [0.2, 0.25) is 12.7 Å². The minimum Gasteiger partial charge on any atom is -0.454 e. The van der Waals surface area contributed by atoms with E-state index in [-0.39, 0.29) is 30.3 Å². The number of carbonyl (C=O) groups excluding carboxylic acids is 1. The molecule has 144 valence electrons. The maximum Gasteiger partial charge on any atom is 0.231 e. The fourth-order valence-electron chi connectivity index (χ4n) is 2.81. The Hall–Kier alpha value is -3.07. The number of thioether (sulfide) groups is 1. The average molecular weight is 400 g/mol. The van der Waals surface area contributed by atoms with Crippen LogP contribution >= 0.6 is 11.8 Å². The molecule has 9 heteroatoms. The first kappa shape index (κ1) is 18.3. The summed E-state index contributed by atoms with van der Waals surface area (Å²) in [5, 5.41) is 11.2. The maximum absolute atomic E-state index is 14.0. The standard InChI is InChI=1S/C19H17FN4O3S/c1-12(13-6-7-16-17(8-13)27-11-26-16)22-18(25)9-28-19-23-21-10-24(19)15-5-3-2-4-14(15)20/h2-8,10,12H,9,11H2,1H3,(H,22,25). The predicted octanol–water partition coefficient (Wildman–Crippen LogP) is 3.10. The molecule has 0 fully saturated rings. The number of fused-ring (bicyclic) bond motifs is 1. The number of benzene rings is 2. The molecule has 4 rings (SSSR count). The number of carbonyl (C=O) groups is 1. The fourth-order valence-corrected chi connectivity index (χ4v) is 3.55. The molecule has 0 spiro atoms. The molecule has 1 aromatic heterocycles. The molecular formula is C19H17FN4O3S. The van der Waals surface area contributed by atoms with E-state index in [1.54, 1.807) is 18.2 Å². The van der Waals surface area contributed by atoms with Gasteiger partial charge in [-0.3, -0.25) is 9.36 Å². The van der Waals surface area contributed by atoms with Crippen LogP contribution in [-0.2, 0) is 4.79 Å². The van der Waals surface area contributed by atoms with E-state index in [0.717, 1.165) is 5.56 Å². The zero-order chi connectivity index (χ0) is 19.5. The Morgan fingerprint density at radius 2 is 2.11 bits per heavy atom. The molecular weight excluding hydrogens is 383 g/mol. The van der Waals surface area contributed by atoms with Crippen LogP contribution in [0, 0.1) is 5.82 Å². The van der Waals surface area contributed by atoms with E-state index in [1.165, 1.54) is 28.7 Å². The van der Waals surface area contributed by atoms with E-state index in [4.69, 9.17) is 9.47 Å². The Balaban J connectivity index is 1.38. The molecule has 1 amide bonds. The second-order valence-electron chi connectivity index (χ2n) is 6.13. The van der Waals surface area contributed by atoms with Crippen molar-refractivity contribution in [3.8, 4) is 17.2 Å². The Labute approximate surface area is 164 Å². The van der Waals surface area contributed by atoms with E-state index in [1.807, 2.05) is 25.1 Å². The molecule has 2 heterocycles. The van der Waals surface area contributed by atoms with Crippen LogP contribution in [0.1, 0.15) is 18.5 Å². The summed E-state index contributed by atoms with van der Waals surface area (Å²) in [4.78, 5) is 12.4. The van der Waals surface area contributed by atoms with E-state index >= 15 is 0 Å². The second-order valence-corrected chi connectivity index (χ2v) is 7.07. The highest BCUT2D eigenvalue weighted by molar-refractivity contribution is 7.99. The summed E-state index contributed by atoms with van der Waals surface area (Å²) in [5.41, 5.74) is 1.25. The molecule has 2 aromatic carbocycles. The summed E-state index contributed by atoms with van der Waals surface area (Å²) < 4.78 is 26.2. The molecule has 1 unspecified atom stereocenters. The number of nitrogens with one attached hydrogen (secondary N) is 1. The number of aromatic nitrogens is 3. The van der Waals surface area contributed by atoms with Gasteiger partial charge in [0, 0.05) is 0 Å². The number of amides is 1. The van der Waals surface area contributed by atoms with Crippen molar-refractivity contribution in [2.45, 2.75) is 18.1 Å². The lowest BCUT2D eigenvalue weighted by Gasteiger charge is -2.15. The van der Waals surface area contributed by atoms with Crippen LogP contribution in [0.3, 0.4) is 0 Å². The number of rotatable bonds is 6. The third kappa shape index (κ3) is 3.79. The number of hydrogen-bond donors (Lipinski definition) is 1. The van der Waals surface area contributed by atoms with Crippen molar-refractivity contribution in [1.82, 2.24) is 20.1 Å². The molecule has 7 nitrogen and oxygen atoms in total. The van der Waals surface area contributed by atoms with E-state index in [9.17, 15) is 9.18 Å². The van der Waals surface area contributed by atoms with Gasteiger partial charge in [-0.25, -0.2) is 4.39 Å². The molecule has 3 aromatic rings. The highest BCUT2D eigenvalue weighted by Gasteiger charge is 2.18. The molecule has 1 atom stereocenters. The number of ether oxygens (including phenoxy) is 2. The monoisotopic (exact) mass is 400 g/mol. The lowest BCUT2D eigenvalue weighted by atomic mass is 10.1. The number of nitrogens with zero attached hydrogens (tertiary/aromatic N) is 3. The molecule has 0 saturated heterocycles. The highest BCUT2D eigenvalue weighted by atomic mass is 32.2. The van der Waals surface area contributed by atoms with Crippen molar-refractivity contribution in [3.05, 3.63) is 60.2 Å². The van der Waals surface area contributed by atoms with Gasteiger partial charge in [-0.15, -0.1) is 10.2 Å². The van der Waals surface area contributed by atoms with Gasteiger partial charge in [0.1, 0.15) is 12.1 Å². The van der Waals surface area contributed by atoms with Gasteiger partial charge < -0.3 is 14.8 Å². The first-order valence-corrected chi connectivity index (χ1v) is 9.57. The average Bonchev–Trinajstić information content (AvgIpc) is 3.35. The number of halogens is 1. The van der Waals surface area contributed by atoms with E-state index < -0.39 is 0 Å². The van der Waals surface area contributed by atoms with Gasteiger partial charge >= 0.3 is 0 Å². The third-order valence-electron chi connectivity index (χ3n) is 4.23. The van der Waals surface area contributed by atoms with E-state index in [2.05, 4.69) is 15.5 Å². The first-order valence-electron chi connectivity index (χ1n) is 8.58. The van der Waals surface area contributed by atoms with Gasteiger partial charge in [-0.1, -0.05) is 30.0 Å². The Kier molecular flexibility index (Phi) is 5.16. The molecule has 0 saturated carbocycles. The quantitative estimate of drug-likeness (QED) is 0.641. The largest absolute Gasteiger partial charge is 0.454 e. The van der Waals surface area contributed by atoms with Gasteiger partial charge in [0.15, 0.2) is 16.7 Å². The van der Waals surface area contributed by atoms with Crippen molar-refractivity contribution in [2.24, 2.45) is 0 Å². The van der Waals surface area contributed by atoms with Crippen LogP contribution in [0.15, 0.2) is 53.9 Å². The first-order chi connectivity index (χ1) is 13.6. The Morgan fingerprint density at radius 1 is 1.29 bits per heavy atom. The van der Waals surface area contributed by atoms with Crippen LogP contribution in [0.2, 0.25) is 0 Å². The van der Waals surface area contributed by atoms with Crippen LogP contribution in [0.25, 0.3) is 5.69 Å². The third-order valence-corrected chi connectivity index (χ3v) is 5.18. The minimum atomic E-state index is -0.384. The zero-order valence-electron chi connectivity index (χ0n) is 15.0. The second kappa shape index (κ2) is 7.89. The topological polar surface area (TPSA) is 78.3 Å². The van der Waals surface area contributed by atoms with Gasteiger partial charge in [-0.05, 0) is 36.8 Å². The lowest BCUT2D eigenvalue weighted by molar-refractivity contribution is -0.119. The van der Waals surface area contributed by atoms with Gasteiger partial charge in [-0.2, -0.15) is 0 Å². The molecule has 0 aliphatic carbocycles. The molecule has 28 heavy (non-hydrogen) atoms. The van der Waals surface area contributed by atoms with Crippen LogP contribution in [0.4, 0.5) is 4.39 Å². The Morgan fingerprint density at radius 3 is 2.96 bits per heavy atom. The smallest absolute Gasteiger partial charge is 0.231 e. The minimum absolute atomic E-state index is 0.127. The van der Waals surface area contributed by atoms with Crippen LogP contribution < -0.4 is 14.8 Å². The van der Waals surface area contributed by atoms with Crippen LogP contribution in [-0.4, -0.2) is 33.2 Å². The zero-order valence-corrected chi connectivity index (χ0v) is 15.8. The van der Waals surface area contributed by atoms with Crippen molar-refractivity contribution >= 4 is 17.7 Å². The number of para-hydroxylation sites is 1. The maximum atomic E-state index is 14.0. The summed E-state index contributed by atoms with van der Waals surface area (Å²) in [7, 11) is 0. The molecule has 1 aliphatic heterocycles. The SMILES string of the molecule is CC(NC(=O)CSc1nncn1-c1ccccc1F)c1ccc2c(c1)OCO2. The Bertz CT molecular complexity index is 1010. The van der Waals surface area contributed by atoms with Crippen LogP contribution in [0.5, 0.6) is 11.5 Å². The summed E-state index contributed by atoms with van der Waals surface area (Å²) >= 11 is 1.19. The lowest BCUT2D eigenvalue weighted by Crippen LogP contribution is -2.28. The summed E-state index contributed by atoms with van der Waals surface area (Å²) in [6.45, 7) is 2.10. The fraction of sp³-hybridized carbons (Fsp3) is 0.211. The van der Waals surface area contributed by atoms with Gasteiger partial charge in [0.25, 0.3) is 0 Å². The highest BCUT2D eigenvalue weighted by Crippen LogP contribution is 2.34. The normalized spacial score (nSPS) is 13.4. The molecule has 0 radical (unpaired) electrons. The van der Waals surface area contributed by atoms with Crippen molar-refractivity contribution in [2.75, 3.05) is 12.5 Å². The summed E-state index contributed by atoms with van der Waals surface area (Å²) in [6.07, 6.45) is 1.42. The van der Waals surface area contributed by atoms with Crippen molar-refractivity contribution in [1.29, 1.82) is 0 Å². The predicted molar refractivity (Wildman–Crippen MR) is 101 cm³/mol. The molecule has 1 N–H and O–H groups in total. The summed E-state index contributed by atoms with van der Waals surface area (Å²) in [5.74, 6) is 0.946. The van der Waals surface area contributed by atoms with Crippen molar-refractivity contribution in [3.63, 3.8) is 0 Å². The van der Waals surface area contributed by atoms with E-state index in [0.29, 0.717) is 22.3 Å². The number of hydrogen-bond acceptors (Lipinski definition) is 6. The van der Waals surface area contributed by atoms with Gasteiger partial charge in [0.05, 0.1) is 17.5 Å². The van der Waals surface area contributed by atoms with Crippen molar-refractivity contribution < 1.29 is 18.7 Å². The molecule has 1 aliphatic rings.